The molecule has 0 radical (unpaired) electrons. The van der Waals surface area contributed by atoms with Gasteiger partial charge in [0.05, 0.1) is 19.1 Å². The molecule has 2 aromatic carbocycles. The van der Waals surface area contributed by atoms with E-state index in [1.807, 2.05) is 49.1 Å². The highest BCUT2D eigenvalue weighted by atomic mass is 35.5. The number of rotatable bonds is 9. The lowest BCUT2D eigenvalue weighted by Gasteiger charge is -2.17. The Labute approximate surface area is 192 Å². The molecule has 1 fully saturated rings. The molecule has 8 heteroatoms. The summed E-state index contributed by atoms with van der Waals surface area (Å²) in [5.74, 6) is 2.41. The van der Waals surface area contributed by atoms with E-state index >= 15 is 0 Å². The quantitative estimate of drug-likeness (QED) is 0.463. The van der Waals surface area contributed by atoms with Crippen LogP contribution in [-0.4, -0.2) is 47.3 Å². The summed E-state index contributed by atoms with van der Waals surface area (Å²) in [4.78, 5) is 18.9. The average Bonchev–Trinajstić information content (AvgIpc) is 3.41. The van der Waals surface area contributed by atoms with Gasteiger partial charge in [-0.2, -0.15) is 4.98 Å². The van der Waals surface area contributed by atoms with E-state index in [4.69, 9.17) is 25.6 Å². The second-order valence-corrected chi connectivity index (χ2v) is 8.04. The maximum Gasteiger partial charge on any atom is 0.232 e. The average molecular weight is 456 g/mol. The predicted octanol–water partition coefficient (Wildman–Crippen LogP) is 4.75. The monoisotopic (exact) mass is 455 g/mol. The fraction of sp³-hybridized carbons (Fsp3) is 0.375. The molecule has 1 aromatic heterocycles. The molecule has 3 aromatic rings. The molecule has 168 valence electrons. The normalized spacial score (nSPS) is 15.9. The Morgan fingerprint density at radius 2 is 1.94 bits per heavy atom. The van der Waals surface area contributed by atoms with Crippen LogP contribution in [0, 0.1) is 0 Å². The van der Waals surface area contributed by atoms with Crippen LogP contribution in [0.1, 0.15) is 37.6 Å². The highest BCUT2D eigenvalue weighted by Gasteiger charge is 2.34. The summed E-state index contributed by atoms with van der Waals surface area (Å²) < 4.78 is 16.8. The molecule has 0 N–H and O–H groups in total. The molecule has 0 saturated carbocycles. The zero-order valence-electron chi connectivity index (χ0n) is 18.2. The summed E-state index contributed by atoms with van der Waals surface area (Å²) >= 11 is 6.05. The van der Waals surface area contributed by atoms with Gasteiger partial charge in [-0.15, -0.1) is 0 Å². The molecule has 1 amide bonds. The molecule has 2 heterocycles. The molecule has 0 spiro atoms. The summed E-state index contributed by atoms with van der Waals surface area (Å²) in [6.45, 7) is 6.21. The topological polar surface area (TPSA) is 77.7 Å². The third-order valence-corrected chi connectivity index (χ3v) is 5.60. The Morgan fingerprint density at radius 1 is 1.12 bits per heavy atom. The number of hydrogen-bond donors (Lipinski definition) is 0. The van der Waals surface area contributed by atoms with Crippen LogP contribution in [-0.2, 0) is 11.2 Å². The Bertz CT molecular complexity index is 1080. The van der Waals surface area contributed by atoms with Crippen LogP contribution >= 0.6 is 11.6 Å². The number of carbonyl (C=O) groups is 1. The molecule has 1 saturated heterocycles. The van der Waals surface area contributed by atoms with Gasteiger partial charge in [-0.1, -0.05) is 35.0 Å². The number of likely N-dealkylation sites (tertiary alicyclic amines) is 1. The SMILES string of the molecule is CCOc1ccc(CCN2CC(c3nc(-c4cccc(Cl)c4)no3)CC2=O)cc1OCC. The Morgan fingerprint density at radius 3 is 2.72 bits per heavy atom. The maximum atomic E-state index is 12.6. The van der Waals surface area contributed by atoms with E-state index < -0.39 is 0 Å². The minimum atomic E-state index is -0.109. The largest absolute Gasteiger partial charge is 0.490 e. The molecule has 0 aliphatic carbocycles. The minimum absolute atomic E-state index is 0.0912. The molecule has 4 rings (SSSR count). The zero-order chi connectivity index (χ0) is 22.5. The highest BCUT2D eigenvalue weighted by molar-refractivity contribution is 6.30. The molecule has 7 nitrogen and oxygen atoms in total. The van der Waals surface area contributed by atoms with Gasteiger partial charge in [-0.05, 0) is 50.1 Å². The standard InChI is InChI=1S/C24H26ClN3O4/c1-3-30-20-9-8-16(12-21(20)31-4-2)10-11-28-15-18(14-22(28)29)24-26-23(27-32-24)17-6-5-7-19(25)13-17/h5-9,12-13,18H,3-4,10-11,14-15H2,1-2H3. The van der Waals surface area contributed by atoms with Crippen molar-refractivity contribution in [2.75, 3.05) is 26.3 Å². The lowest BCUT2D eigenvalue weighted by molar-refractivity contribution is -0.127. The van der Waals surface area contributed by atoms with Gasteiger partial charge < -0.3 is 18.9 Å². The summed E-state index contributed by atoms with van der Waals surface area (Å²) in [6.07, 6.45) is 1.09. The fourth-order valence-electron chi connectivity index (χ4n) is 3.81. The number of nitrogens with zero attached hydrogens (tertiary/aromatic N) is 3. The van der Waals surface area contributed by atoms with Crippen molar-refractivity contribution in [3.05, 3.63) is 58.9 Å². The van der Waals surface area contributed by atoms with E-state index in [2.05, 4.69) is 10.1 Å². The molecule has 32 heavy (non-hydrogen) atoms. The molecule has 0 bridgehead atoms. The van der Waals surface area contributed by atoms with Gasteiger partial charge in [-0.3, -0.25) is 4.79 Å². The fourth-order valence-corrected chi connectivity index (χ4v) is 4.00. The summed E-state index contributed by atoms with van der Waals surface area (Å²) in [5, 5.41) is 4.68. The van der Waals surface area contributed by atoms with E-state index in [-0.39, 0.29) is 11.8 Å². The smallest absolute Gasteiger partial charge is 0.232 e. The van der Waals surface area contributed by atoms with Crippen LogP contribution in [0.5, 0.6) is 11.5 Å². The lowest BCUT2D eigenvalue weighted by Crippen LogP contribution is -2.27. The first-order chi connectivity index (χ1) is 15.6. The molecular formula is C24H26ClN3O4. The second kappa shape index (κ2) is 10.0. The number of aromatic nitrogens is 2. The number of benzene rings is 2. The third-order valence-electron chi connectivity index (χ3n) is 5.37. The molecular weight excluding hydrogens is 430 g/mol. The molecule has 1 aliphatic heterocycles. The zero-order valence-corrected chi connectivity index (χ0v) is 19.0. The van der Waals surface area contributed by atoms with Crippen molar-refractivity contribution in [3.8, 4) is 22.9 Å². The number of halogens is 1. The van der Waals surface area contributed by atoms with Gasteiger partial charge in [0.15, 0.2) is 11.5 Å². The Balaban J connectivity index is 1.39. The summed E-state index contributed by atoms with van der Waals surface area (Å²) in [5.41, 5.74) is 1.88. The Hall–Kier alpha value is -3.06. The maximum absolute atomic E-state index is 12.6. The van der Waals surface area contributed by atoms with Gasteiger partial charge in [0.1, 0.15) is 0 Å². The van der Waals surface area contributed by atoms with Crippen molar-refractivity contribution in [1.82, 2.24) is 15.0 Å². The lowest BCUT2D eigenvalue weighted by atomic mass is 10.1. The van der Waals surface area contributed by atoms with Gasteiger partial charge in [0.2, 0.25) is 17.6 Å². The van der Waals surface area contributed by atoms with Crippen molar-refractivity contribution in [1.29, 1.82) is 0 Å². The number of ether oxygens (including phenoxy) is 2. The van der Waals surface area contributed by atoms with E-state index in [1.54, 1.807) is 12.1 Å². The van der Waals surface area contributed by atoms with Crippen molar-refractivity contribution < 1.29 is 18.8 Å². The van der Waals surface area contributed by atoms with Crippen LogP contribution in [0.25, 0.3) is 11.4 Å². The van der Waals surface area contributed by atoms with Crippen LogP contribution < -0.4 is 9.47 Å². The predicted molar refractivity (Wildman–Crippen MR) is 121 cm³/mol. The molecule has 1 aliphatic rings. The summed E-state index contributed by atoms with van der Waals surface area (Å²) in [7, 11) is 0. The number of amides is 1. The molecule has 1 atom stereocenters. The van der Waals surface area contributed by atoms with Gasteiger partial charge in [0, 0.05) is 30.1 Å². The van der Waals surface area contributed by atoms with E-state index in [9.17, 15) is 4.79 Å². The Kier molecular flexibility index (Phi) is 6.95. The van der Waals surface area contributed by atoms with Crippen molar-refractivity contribution >= 4 is 17.5 Å². The highest BCUT2D eigenvalue weighted by Crippen LogP contribution is 2.31. The van der Waals surface area contributed by atoms with E-state index in [0.717, 1.165) is 29.0 Å². The van der Waals surface area contributed by atoms with Crippen LogP contribution in [0.2, 0.25) is 5.02 Å². The van der Waals surface area contributed by atoms with Crippen LogP contribution in [0.4, 0.5) is 0 Å². The van der Waals surface area contributed by atoms with Crippen LogP contribution in [0.3, 0.4) is 0 Å². The van der Waals surface area contributed by atoms with Gasteiger partial charge in [0.25, 0.3) is 0 Å². The van der Waals surface area contributed by atoms with Crippen molar-refractivity contribution in [2.45, 2.75) is 32.6 Å². The van der Waals surface area contributed by atoms with Crippen LogP contribution in [0.15, 0.2) is 47.0 Å². The van der Waals surface area contributed by atoms with Crippen molar-refractivity contribution in [2.24, 2.45) is 0 Å². The van der Waals surface area contributed by atoms with Gasteiger partial charge >= 0.3 is 0 Å². The number of carbonyl (C=O) groups excluding carboxylic acids is 1. The first kappa shape index (κ1) is 22.1. The minimum Gasteiger partial charge on any atom is -0.490 e. The first-order valence-corrected chi connectivity index (χ1v) is 11.2. The van der Waals surface area contributed by atoms with Crippen molar-refractivity contribution in [3.63, 3.8) is 0 Å². The molecule has 1 unspecified atom stereocenters. The van der Waals surface area contributed by atoms with E-state index in [1.165, 1.54) is 0 Å². The number of hydrogen-bond acceptors (Lipinski definition) is 6. The first-order valence-electron chi connectivity index (χ1n) is 10.8. The second-order valence-electron chi connectivity index (χ2n) is 7.60. The van der Waals surface area contributed by atoms with Gasteiger partial charge in [-0.25, -0.2) is 0 Å². The van der Waals surface area contributed by atoms with E-state index in [0.29, 0.717) is 49.5 Å². The summed E-state index contributed by atoms with van der Waals surface area (Å²) in [6, 6.07) is 13.2. The third kappa shape index (κ3) is 5.05.